The summed E-state index contributed by atoms with van der Waals surface area (Å²) in [5, 5.41) is 7.11. The Kier molecular flexibility index (Phi) is 5.51. The third kappa shape index (κ3) is 3.73. The minimum absolute atomic E-state index is 0.0132. The maximum absolute atomic E-state index is 13.1. The van der Waals surface area contributed by atoms with Gasteiger partial charge in [-0.15, -0.1) is 11.3 Å². The second-order valence-electron chi connectivity index (χ2n) is 8.09. The third-order valence-corrected chi connectivity index (χ3v) is 7.18. The van der Waals surface area contributed by atoms with Crippen LogP contribution < -0.4 is 10.6 Å². The van der Waals surface area contributed by atoms with Crippen molar-refractivity contribution >= 4 is 55.8 Å². The van der Waals surface area contributed by atoms with Gasteiger partial charge in [0.15, 0.2) is 0 Å². The lowest BCUT2D eigenvalue weighted by Crippen LogP contribution is -2.36. The number of nitrogens with one attached hydrogen (secondary N) is 2. The molecule has 2 N–H and O–H groups in total. The molecule has 33 heavy (non-hydrogen) atoms. The Labute approximate surface area is 195 Å². The van der Waals surface area contributed by atoms with Crippen molar-refractivity contribution in [2.75, 3.05) is 26.0 Å². The van der Waals surface area contributed by atoms with Gasteiger partial charge in [0.2, 0.25) is 0 Å². The van der Waals surface area contributed by atoms with Crippen LogP contribution in [0.1, 0.15) is 28.2 Å². The van der Waals surface area contributed by atoms with Crippen LogP contribution in [0.5, 0.6) is 0 Å². The lowest BCUT2D eigenvalue weighted by Gasteiger charge is -2.22. The minimum Gasteiger partial charge on any atom is -0.362 e. The van der Waals surface area contributed by atoms with Gasteiger partial charge in [0, 0.05) is 43.7 Å². The van der Waals surface area contributed by atoms with E-state index in [1.807, 2.05) is 43.3 Å². The van der Waals surface area contributed by atoms with E-state index in [0.29, 0.717) is 11.4 Å². The van der Waals surface area contributed by atoms with Gasteiger partial charge in [-0.2, -0.15) is 0 Å². The Morgan fingerprint density at radius 1 is 1.21 bits per heavy atom. The van der Waals surface area contributed by atoms with E-state index in [0.717, 1.165) is 51.0 Å². The van der Waals surface area contributed by atoms with Crippen molar-refractivity contribution in [2.24, 2.45) is 0 Å². The molecule has 1 saturated heterocycles. The van der Waals surface area contributed by atoms with E-state index < -0.39 is 0 Å². The average molecular weight is 464 g/mol. The minimum atomic E-state index is -0.163. The first-order valence-corrected chi connectivity index (χ1v) is 11.7. The molecule has 170 valence electrons. The third-order valence-electron chi connectivity index (χ3n) is 6.03. The molecule has 0 radical (unpaired) electrons. The van der Waals surface area contributed by atoms with Gasteiger partial charge < -0.3 is 20.3 Å². The number of carbonyl (C=O) groups is 2. The van der Waals surface area contributed by atoms with Crippen molar-refractivity contribution in [3.8, 4) is 0 Å². The van der Waals surface area contributed by atoms with Gasteiger partial charge in [0.25, 0.3) is 5.91 Å². The van der Waals surface area contributed by atoms with Crippen molar-refractivity contribution in [3.63, 3.8) is 0 Å². The summed E-state index contributed by atoms with van der Waals surface area (Å²) in [6.45, 7) is 2.62. The molecule has 1 aliphatic rings. The van der Waals surface area contributed by atoms with Gasteiger partial charge in [-0.1, -0.05) is 0 Å². The molecule has 1 unspecified atom stereocenters. The van der Waals surface area contributed by atoms with Crippen LogP contribution in [-0.4, -0.2) is 53.3 Å². The monoisotopic (exact) mass is 463 g/mol. The summed E-state index contributed by atoms with van der Waals surface area (Å²) in [4.78, 5) is 32.2. The van der Waals surface area contributed by atoms with Gasteiger partial charge in [0.1, 0.15) is 6.23 Å². The summed E-state index contributed by atoms with van der Waals surface area (Å²) >= 11 is 1.44. The van der Waals surface area contributed by atoms with E-state index in [9.17, 15) is 9.59 Å². The molecule has 4 heterocycles. The number of anilines is 2. The zero-order valence-electron chi connectivity index (χ0n) is 18.7. The number of benzene rings is 1. The highest BCUT2D eigenvalue weighted by molar-refractivity contribution is 7.21. The van der Waals surface area contributed by atoms with Crippen LogP contribution in [0.3, 0.4) is 0 Å². The summed E-state index contributed by atoms with van der Waals surface area (Å²) in [7, 11) is 3.27. The fraction of sp³-hybridized carbons (Fsp3) is 0.292. The lowest BCUT2D eigenvalue weighted by molar-refractivity contribution is 0.00195. The molecule has 0 saturated carbocycles. The standard InChI is InChI=1S/C24H25N5O3S/c1-14-11-15-12-16(6-7-19(15)29(14)24(31)25-2)27-17-8-9-26-18-13-20(33-22(17)18)23(30)28-10-4-5-21(28)32-3/h6-9,11-13,21H,4-5,10H2,1-3H3,(H,25,31)(H,26,27). The molecule has 0 spiro atoms. The Bertz CT molecular complexity index is 1380. The highest BCUT2D eigenvalue weighted by Gasteiger charge is 2.30. The summed E-state index contributed by atoms with van der Waals surface area (Å²) < 4.78 is 8.05. The molecule has 1 atom stereocenters. The maximum Gasteiger partial charge on any atom is 0.325 e. The number of fused-ring (bicyclic) bond motifs is 2. The molecular formula is C24H25N5O3S. The SMILES string of the molecule is CNC(=O)n1c(C)cc2cc(Nc3ccnc4cc(C(=O)N5CCCC5OC)sc34)ccc21. The highest BCUT2D eigenvalue weighted by Crippen LogP contribution is 2.35. The van der Waals surface area contributed by atoms with Crippen molar-refractivity contribution in [1.29, 1.82) is 0 Å². The number of aryl methyl sites for hydroxylation is 1. The van der Waals surface area contributed by atoms with Gasteiger partial charge in [-0.25, -0.2) is 4.79 Å². The number of hydrogen-bond acceptors (Lipinski definition) is 6. The summed E-state index contributed by atoms with van der Waals surface area (Å²) in [5.41, 5.74) is 4.27. The van der Waals surface area contributed by atoms with E-state index >= 15 is 0 Å². The van der Waals surface area contributed by atoms with Gasteiger partial charge in [-0.05, 0) is 56.2 Å². The van der Waals surface area contributed by atoms with E-state index in [1.165, 1.54) is 11.3 Å². The molecule has 0 bridgehead atoms. The molecule has 1 aromatic carbocycles. The number of amides is 2. The van der Waals surface area contributed by atoms with Crippen LogP contribution in [-0.2, 0) is 4.74 Å². The Morgan fingerprint density at radius 3 is 2.85 bits per heavy atom. The van der Waals surface area contributed by atoms with Crippen LogP contribution in [0.25, 0.3) is 21.1 Å². The van der Waals surface area contributed by atoms with Gasteiger partial charge >= 0.3 is 6.03 Å². The Balaban J connectivity index is 1.46. The van der Waals surface area contributed by atoms with E-state index in [-0.39, 0.29) is 18.2 Å². The number of hydrogen-bond donors (Lipinski definition) is 2. The largest absolute Gasteiger partial charge is 0.362 e. The average Bonchev–Trinajstić information content (AvgIpc) is 3.54. The number of aromatic nitrogens is 2. The quantitative estimate of drug-likeness (QED) is 0.458. The van der Waals surface area contributed by atoms with Crippen LogP contribution >= 0.6 is 11.3 Å². The zero-order valence-corrected chi connectivity index (χ0v) is 19.5. The second kappa shape index (κ2) is 8.49. The van der Waals surface area contributed by atoms with E-state index in [4.69, 9.17) is 4.74 Å². The number of likely N-dealkylation sites (tertiary alicyclic amines) is 1. The van der Waals surface area contributed by atoms with E-state index in [1.54, 1.807) is 29.8 Å². The van der Waals surface area contributed by atoms with Crippen molar-refractivity contribution in [1.82, 2.24) is 19.8 Å². The Morgan fingerprint density at radius 2 is 2.06 bits per heavy atom. The molecule has 2 amide bonds. The zero-order chi connectivity index (χ0) is 23.1. The fourth-order valence-corrected chi connectivity index (χ4v) is 5.51. The molecule has 8 nitrogen and oxygen atoms in total. The van der Waals surface area contributed by atoms with Crippen LogP contribution in [0.15, 0.2) is 42.6 Å². The van der Waals surface area contributed by atoms with Gasteiger partial charge in [0.05, 0.1) is 26.3 Å². The Hall–Kier alpha value is -3.43. The molecule has 9 heteroatoms. The number of thiophene rings is 1. The normalized spacial score (nSPS) is 16.0. The number of pyridine rings is 1. The first-order valence-electron chi connectivity index (χ1n) is 10.8. The number of ether oxygens (including phenoxy) is 1. The summed E-state index contributed by atoms with van der Waals surface area (Å²) in [6, 6.07) is 11.5. The number of rotatable bonds is 4. The van der Waals surface area contributed by atoms with Gasteiger partial charge in [-0.3, -0.25) is 14.3 Å². The number of carbonyl (C=O) groups excluding carboxylic acids is 2. The maximum atomic E-state index is 13.1. The molecule has 1 fully saturated rings. The highest BCUT2D eigenvalue weighted by atomic mass is 32.1. The smallest absolute Gasteiger partial charge is 0.325 e. The predicted molar refractivity (Wildman–Crippen MR) is 130 cm³/mol. The van der Waals surface area contributed by atoms with E-state index in [2.05, 4.69) is 15.6 Å². The number of methoxy groups -OCH3 is 1. The molecular weight excluding hydrogens is 438 g/mol. The molecule has 4 aromatic rings. The van der Waals surface area contributed by atoms with Crippen LogP contribution in [0.4, 0.5) is 16.2 Å². The fourth-order valence-electron chi connectivity index (χ4n) is 4.46. The van der Waals surface area contributed by atoms with Crippen LogP contribution in [0.2, 0.25) is 0 Å². The molecule has 5 rings (SSSR count). The summed E-state index contributed by atoms with van der Waals surface area (Å²) in [6.07, 6.45) is 3.39. The topological polar surface area (TPSA) is 88.5 Å². The first kappa shape index (κ1) is 21.4. The van der Waals surface area contributed by atoms with Crippen molar-refractivity contribution < 1.29 is 14.3 Å². The van der Waals surface area contributed by atoms with Crippen molar-refractivity contribution in [2.45, 2.75) is 26.0 Å². The first-order chi connectivity index (χ1) is 16.0. The molecule has 0 aliphatic carbocycles. The molecule has 3 aromatic heterocycles. The van der Waals surface area contributed by atoms with Crippen LogP contribution in [0, 0.1) is 6.92 Å². The summed E-state index contributed by atoms with van der Waals surface area (Å²) in [5.74, 6) is -0.0132. The number of nitrogens with zero attached hydrogens (tertiary/aromatic N) is 3. The predicted octanol–water partition coefficient (Wildman–Crippen LogP) is 4.70. The second-order valence-corrected chi connectivity index (χ2v) is 9.14. The lowest BCUT2D eigenvalue weighted by atomic mass is 10.2. The molecule has 1 aliphatic heterocycles. The van der Waals surface area contributed by atoms with Crippen molar-refractivity contribution in [3.05, 3.63) is 53.2 Å².